The molecule has 1 aliphatic rings. The molecule has 0 aromatic carbocycles. The summed E-state index contributed by atoms with van der Waals surface area (Å²) < 4.78 is 4.42. The van der Waals surface area contributed by atoms with Crippen LogP contribution in [-0.2, 0) is 20.6 Å². The van der Waals surface area contributed by atoms with Gasteiger partial charge >= 0.3 is 5.69 Å². The summed E-state index contributed by atoms with van der Waals surface area (Å²) in [5, 5.41) is 3.33. The molecule has 0 saturated carbocycles. The van der Waals surface area contributed by atoms with E-state index in [9.17, 15) is 9.59 Å². The summed E-state index contributed by atoms with van der Waals surface area (Å²) >= 11 is 0. The minimum Gasteiger partial charge on any atom is -0.323 e. The monoisotopic (exact) mass is 320 g/mol. The van der Waals surface area contributed by atoms with E-state index in [1.807, 2.05) is 11.6 Å². The van der Waals surface area contributed by atoms with E-state index in [1.54, 1.807) is 13.4 Å². The molecule has 0 spiro atoms. The van der Waals surface area contributed by atoms with E-state index in [0.717, 1.165) is 24.2 Å². The Labute approximate surface area is 134 Å². The molecular formula is C15H24N6O2. The number of rotatable bonds is 4. The van der Waals surface area contributed by atoms with Crippen molar-refractivity contribution in [1.82, 2.24) is 28.9 Å². The van der Waals surface area contributed by atoms with Crippen molar-refractivity contribution in [2.45, 2.75) is 25.4 Å². The zero-order valence-corrected chi connectivity index (χ0v) is 13.9. The van der Waals surface area contributed by atoms with E-state index in [2.05, 4.69) is 15.2 Å². The highest BCUT2D eigenvalue weighted by molar-refractivity contribution is 5.69. The van der Waals surface area contributed by atoms with Crippen LogP contribution in [0.1, 0.15) is 12.8 Å². The molecule has 0 bridgehead atoms. The van der Waals surface area contributed by atoms with Gasteiger partial charge in [0.05, 0.1) is 6.33 Å². The average Bonchev–Trinajstić information content (AvgIpc) is 3.00. The molecule has 3 rings (SSSR count). The molecule has 1 fully saturated rings. The number of nitrogens with one attached hydrogen (secondary N) is 1. The highest BCUT2D eigenvalue weighted by atomic mass is 16.2. The van der Waals surface area contributed by atoms with Crippen LogP contribution in [0.5, 0.6) is 0 Å². The highest BCUT2D eigenvalue weighted by Gasteiger charge is 2.19. The Hall–Kier alpha value is -1.93. The fourth-order valence-corrected chi connectivity index (χ4v) is 3.31. The number of fused-ring (bicyclic) bond motifs is 1. The van der Waals surface area contributed by atoms with Crippen LogP contribution in [0, 0.1) is 0 Å². The van der Waals surface area contributed by atoms with Crippen molar-refractivity contribution in [3.63, 3.8) is 0 Å². The number of likely N-dealkylation sites (tertiary alicyclic amines) is 1. The minimum atomic E-state index is -0.347. The smallest absolute Gasteiger partial charge is 0.323 e. The Balaban J connectivity index is 1.84. The first-order valence-corrected chi connectivity index (χ1v) is 8.03. The Morgan fingerprint density at radius 1 is 1.26 bits per heavy atom. The highest BCUT2D eigenvalue weighted by Crippen LogP contribution is 2.11. The Bertz CT molecular complexity index is 818. The molecule has 23 heavy (non-hydrogen) atoms. The van der Waals surface area contributed by atoms with Gasteiger partial charge in [-0.3, -0.25) is 13.9 Å². The standard InChI is InChI=1S/C15H24N6O2/c1-16-11-5-4-6-20(9-11)7-8-21-10-17-13-12(21)14(22)19(3)15(23)18(13)2/h10-11,16H,4-9H2,1-3H3. The van der Waals surface area contributed by atoms with Gasteiger partial charge in [-0.05, 0) is 26.4 Å². The van der Waals surface area contributed by atoms with Crippen LogP contribution in [0.15, 0.2) is 15.9 Å². The lowest BCUT2D eigenvalue weighted by Gasteiger charge is -2.32. The number of likely N-dealkylation sites (N-methyl/N-ethyl adjacent to an activating group) is 1. The summed E-state index contributed by atoms with van der Waals surface area (Å²) in [6.45, 7) is 3.68. The first kappa shape index (κ1) is 15.9. The maximum atomic E-state index is 12.4. The summed E-state index contributed by atoms with van der Waals surface area (Å²) in [6, 6.07) is 0.539. The molecule has 2 aromatic heterocycles. The van der Waals surface area contributed by atoms with Crippen molar-refractivity contribution >= 4 is 11.2 Å². The third kappa shape index (κ3) is 2.84. The summed E-state index contributed by atoms with van der Waals surface area (Å²) in [7, 11) is 5.15. The Kier molecular flexibility index (Phi) is 4.36. The molecule has 2 aromatic rings. The fourth-order valence-electron chi connectivity index (χ4n) is 3.31. The number of piperidine rings is 1. The topological polar surface area (TPSA) is 77.1 Å². The minimum absolute atomic E-state index is 0.285. The molecule has 0 radical (unpaired) electrons. The number of aromatic nitrogens is 4. The Morgan fingerprint density at radius 3 is 2.78 bits per heavy atom. The molecule has 1 saturated heterocycles. The van der Waals surface area contributed by atoms with Gasteiger partial charge in [0.25, 0.3) is 5.56 Å². The zero-order chi connectivity index (χ0) is 16.6. The molecule has 1 atom stereocenters. The summed E-state index contributed by atoms with van der Waals surface area (Å²) in [6.07, 6.45) is 4.06. The normalized spacial score (nSPS) is 19.5. The van der Waals surface area contributed by atoms with E-state index in [1.165, 1.54) is 24.5 Å². The van der Waals surface area contributed by atoms with Crippen LogP contribution in [0.2, 0.25) is 0 Å². The Morgan fingerprint density at radius 2 is 2.04 bits per heavy atom. The third-order valence-corrected chi connectivity index (χ3v) is 4.79. The van der Waals surface area contributed by atoms with E-state index in [-0.39, 0.29) is 11.2 Å². The molecule has 8 heteroatoms. The lowest BCUT2D eigenvalue weighted by atomic mass is 10.1. The first-order valence-electron chi connectivity index (χ1n) is 8.03. The largest absolute Gasteiger partial charge is 0.332 e. The van der Waals surface area contributed by atoms with Gasteiger partial charge in [0, 0.05) is 39.8 Å². The number of hydrogen-bond donors (Lipinski definition) is 1. The van der Waals surface area contributed by atoms with Crippen LogP contribution >= 0.6 is 0 Å². The van der Waals surface area contributed by atoms with Crippen LogP contribution < -0.4 is 16.6 Å². The molecule has 8 nitrogen and oxygen atoms in total. The van der Waals surface area contributed by atoms with Crippen molar-refractivity contribution in [3.05, 3.63) is 27.2 Å². The van der Waals surface area contributed by atoms with E-state index >= 15 is 0 Å². The van der Waals surface area contributed by atoms with Gasteiger partial charge in [-0.1, -0.05) is 0 Å². The van der Waals surface area contributed by atoms with Crippen LogP contribution in [0.3, 0.4) is 0 Å². The van der Waals surface area contributed by atoms with E-state index in [0.29, 0.717) is 23.8 Å². The molecule has 0 aliphatic carbocycles. The number of aryl methyl sites for hydroxylation is 1. The van der Waals surface area contributed by atoms with Crippen LogP contribution in [0.4, 0.5) is 0 Å². The van der Waals surface area contributed by atoms with E-state index in [4.69, 9.17) is 0 Å². The van der Waals surface area contributed by atoms with Crippen LogP contribution in [0.25, 0.3) is 11.2 Å². The van der Waals surface area contributed by atoms with Gasteiger partial charge in [0.1, 0.15) is 0 Å². The van der Waals surface area contributed by atoms with Gasteiger partial charge in [-0.25, -0.2) is 9.78 Å². The molecule has 1 unspecified atom stereocenters. The second kappa shape index (κ2) is 6.29. The molecule has 3 heterocycles. The summed E-state index contributed by atoms with van der Waals surface area (Å²) in [5.41, 5.74) is 0.314. The third-order valence-electron chi connectivity index (χ3n) is 4.79. The van der Waals surface area contributed by atoms with Gasteiger partial charge in [-0.2, -0.15) is 0 Å². The zero-order valence-electron chi connectivity index (χ0n) is 13.9. The average molecular weight is 320 g/mol. The van der Waals surface area contributed by atoms with Crippen molar-refractivity contribution < 1.29 is 0 Å². The predicted molar refractivity (Wildman–Crippen MR) is 88.7 cm³/mol. The molecule has 0 amide bonds. The van der Waals surface area contributed by atoms with Gasteiger partial charge in [-0.15, -0.1) is 0 Å². The summed E-state index contributed by atoms with van der Waals surface area (Å²) in [4.78, 5) is 31.0. The first-order chi connectivity index (χ1) is 11.0. The van der Waals surface area contributed by atoms with Crippen molar-refractivity contribution in [1.29, 1.82) is 0 Å². The maximum Gasteiger partial charge on any atom is 0.332 e. The lowest BCUT2D eigenvalue weighted by molar-refractivity contribution is 0.189. The SMILES string of the molecule is CNC1CCCN(CCn2cnc3c2c(=O)n(C)c(=O)n3C)C1. The van der Waals surface area contributed by atoms with Crippen molar-refractivity contribution in [2.75, 3.05) is 26.7 Å². The molecular weight excluding hydrogens is 296 g/mol. The van der Waals surface area contributed by atoms with Crippen molar-refractivity contribution in [2.24, 2.45) is 14.1 Å². The van der Waals surface area contributed by atoms with Gasteiger partial charge in [0.15, 0.2) is 11.2 Å². The second-order valence-electron chi connectivity index (χ2n) is 6.24. The fraction of sp³-hybridized carbons (Fsp3) is 0.667. The quantitative estimate of drug-likeness (QED) is 0.791. The number of imidazole rings is 1. The van der Waals surface area contributed by atoms with Crippen LogP contribution in [-0.4, -0.2) is 56.3 Å². The predicted octanol–water partition coefficient (Wildman–Crippen LogP) is -0.882. The van der Waals surface area contributed by atoms with Crippen molar-refractivity contribution in [3.8, 4) is 0 Å². The number of hydrogen-bond acceptors (Lipinski definition) is 5. The van der Waals surface area contributed by atoms with Gasteiger partial charge < -0.3 is 14.8 Å². The summed E-state index contributed by atoms with van der Waals surface area (Å²) in [5.74, 6) is 0. The van der Waals surface area contributed by atoms with E-state index < -0.39 is 0 Å². The molecule has 1 aliphatic heterocycles. The molecule has 1 N–H and O–H groups in total. The lowest BCUT2D eigenvalue weighted by Crippen LogP contribution is -2.45. The molecule has 126 valence electrons. The number of nitrogens with zero attached hydrogens (tertiary/aromatic N) is 5. The second-order valence-corrected chi connectivity index (χ2v) is 6.24. The maximum absolute atomic E-state index is 12.4. The van der Waals surface area contributed by atoms with Gasteiger partial charge in [0.2, 0.25) is 0 Å².